The lowest BCUT2D eigenvalue weighted by molar-refractivity contribution is -0.117. The topological polar surface area (TPSA) is 69.6 Å². The van der Waals surface area contributed by atoms with Gasteiger partial charge in [-0.05, 0) is 17.7 Å². The fourth-order valence-corrected chi connectivity index (χ4v) is 1.59. The first-order valence-corrected chi connectivity index (χ1v) is 5.91. The second-order valence-electron chi connectivity index (χ2n) is 3.43. The van der Waals surface area contributed by atoms with Gasteiger partial charge in [-0.15, -0.1) is 0 Å². The van der Waals surface area contributed by atoms with Gasteiger partial charge in [-0.3, -0.25) is 4.79 Å². The standard InChI is InChI=1S/C12H14BrNO3/c13-11-4-2-1-3-9(11)5-6-12(17)14-10(7-15)8-16/h1-6,10,15-16H,7-8H2,(H,14,17). The minimum atomic E-state index is -0.619. The number of rotatable bonds is 5. The molecule has 17 heavy (non-hydrogen) atoms. The summed E-state index contributed by atoms with van der Waals surface area (Å²) in [4.78, 5) is 11.4. The van der Waals surface area contributed by atoms with Gasteiger partial charge in [0.25, 0.3) is 0 Å². The number of amides is 1. The van der Waals surface area contributed by atoms with Crippen LogP contribution in [0.5, 0.6) is 0 Å². The quantitative estimate of drug-likeness (QED) is 0.709. The van der Waals surface area contributed by atoms with E-state index in [0.717, 1.165) is 10.0 Å². The van der Waals surface area contributed by atoms with Crippen LogP contribution in [0.4, 0.5) is 0 Å². The SMILES string of the molecule is O=C(C=Cc1ccccc1Br)NC(CO)CO. The molecule has 0 aromatic heterocycles. The zero-order valence-electron chi connectivity index (χ0n) is 9.14. The van der Waals surface area contributed by atoms with Crippen molar-refractivity contribution in [3.05, 3.63) is 40.4 Å². The first kappa shape index (κ1) is 13.9. The van der Waals surface area contributed by atoms with Crippen molar-refractivity contribution in [2.45, 2.75) is 6.04 Å². The lowest BCUT2D eigenvalue weighted by Crippen LogP contribution is -2.39. The molecule has 0 saturated carbocycles. The lowest BCUT2D eigenvalue weighted by Gasteiger charge is -2.10. The minimum Gasteiger partial charge on any atom is -0.394 e. The first-order valence-electron chi connectivity index (χ1n) is 5.12. The minimum absolute atomic E-state index is 0.287. The molecule has 92 valence electrons. The van der Waals surface area contributed by atoms with Crippen LogP contribution in [0.3, 0.4) is 0 Å². The third kappa shape index (κ3) is 4.68. The molecule has 0 heterocycles. The van der Waals surface area contributed by atoms with E-state index in [1.807, 2.05) is 24.3 Å². The second kappa shape index (κ2) is 7.21. The van der Waals surface area contributed by atoms with Crippen molar-refractivity contribution in [2.24, 2.45) is 0 Å². The number of halogens is 1. The van der Waals surface area contributed by atoms with Crippen LogP contribution in [0.15, 0.2) is 34.8 Å². The highest BCUT2D eigenvalue weighted by Crippen LogP contribution is 2.16. The van der Waals surface area contributed by atoms with Gasteiger partial charge >= 0.3 is 0 Å². The third-order valence-electron chi connectivity index (χ3n) is 2.11. The lowest BCUT2D eigenvalue weighted by atomic mass is 10.2. The number of carbonyl (C=O) groups is 1. The average Bonchev–Trinajstić information content (AvgIpc) is 2.35. The Labute approximate surface area is 108 Å². The van der Waals surface area contributed by atoms with E-state index in [1.165, 1.54) is 6.08 Å². The summed E-state index contributed by atoms with van der Waals surface area (Å²) in [6, 6.07) is 6.87. The Bertz CT molecular complexity index is 402. The summed E-state index contributed by atoms with van der Waals surface area (Å²) in [6.07, 6.45) is 3.02. The second-order valence-corrected chi connectivity index (χ2v) is 4.28. The number of hydrogen-bond donors (Lipinski definition) is 3. The Morgan fingerprint density at radius 3 is 2.59 bits per heavy atom. The predicted molar refractivity (Wildman–Crippen MR) is 69.3 cm³/mol. The fourth-order valence-electron chi connectivity index (χ4n) is 1.17. The van der Waals surface area contributed by atoms with Gasteiger partial charge in [0.1, 0.15) is 0 Å². The van der Waals surface area contributed by atoms with Gasteiger partial charge in [-0.2, -0.15) is 0 Å². The molecule has 0 atom stereocenters. The Balaban J connectivity index is 2.60. The molecule has 0 aliphatic carbocycles. The van der Waals surface area contributed by atoms with Crippen molar-refractivity contribution in [1.82, 2.24) is 5.32 Å². The molecule has 5 heteroatoms. The van der Waals surface area contributed by atoms with Crippen LogP contribution in [0.1, 0.15) is 5.56 Å². The summed E-state index contributed by atoms with van der Waals surface area (Å²) < 4.78 is 0.893. The van der Waals surface area contributed by atoms with E-state index in [-0.39, 0.29) is 19.1 Å². The molecule has 1 rings (SSSR count). The van der Waals surface area contributed by atoms with Crippen molar-refractivity contribution in [3.63, 3.8) is 0 Å². The summed E-state index contributed by atoms with van der Waals surface area (Å²) in [5, 5.41) is 20.1. The molecule has 0 radical (unpaired) electrons. The summed E-state index contributed by atoms with van der Waals surface area (Å²) in [5.74, 6) is -0.353. The maximum absolute atomic E-state index is 11.4. The summed E-state index contributed by atoms with van der Waals surface area (Å²) in [7, 11) is 0. The van der Waals surface area contributed by atoms with E-state index in [9.17, 15) is 4.79 Å². The fraction of sp³-hybridized carbons (Fsp3) is 0.250. The van der Waals surface area contributed by atoms with Gasteiger partial charge < -0.3 is 15.5 Å². The van der Waals surface area contributed by atoms with E-state index in [2.05, 4.69) is 21.2 Å². The molecule has 0 bridgehead atoms. The summed E-state index contributed by atoms with van der Waals surface area (Å²) in [6.45, 7) is -0.573. The van der Waals surface area contributed by atoms with Crippen molar-refractivity contribution in [2.75, 3.05) is 13.2 Å². The third-order valence-corrected chi connectivity index (χ3v) is 2.83. The van der Waals surface area contributed by atoms with Gasteiger partial charge in [0, 0.05) is 10.5 Å². The van der Waals surface area contributed by atoms with Crippen LogP contribution in [-0.4, -0.2) is 35.4 Å². The Morgan fingerprint density at radius 2 is 2.00 bits per heavy atom. The highest BCUT2D eigenvalue weighted by Gasteiger charge is 2.07. The largest absolute Gasteiger partial charge is 0.394 e. The van der Waals surface area contributed by atoms with E-state index in [0.29, 0.717) is 0 Å². The maximum Gasteiger partial charge on any atom is 0.244 e. The van der Waals surface area contributed by atoms with Crippen LogP contribution < -0.4 is 5.32 Å². The maximum atomic E-state index is 11.4. The van der Waals surface area contributed by atoms with Crippen LogP contribution in [0.2, 0.25) is 0 Å². The zero-order chi connectivity index (χ0) is 12.7. The van der Waals surface area contributed by atoms with E-state index in [1.54, 1.807) is 6.08 Å². The molecule has 0 fully saturated rings. The van der Waals surface area contributed by atoms with Crippen LogP contribution >= 0.6 is 15.9 Å². The Morgan fingerprint density at radius 1 is 1.35 bits per heavy atom. The molecule has 1 amide bonds. The molecular weight excluding hydrogens is 286 g/mol. The molecule has 0 spiro atoms. The van der Waals surface area contributed by atoms with Gasteiger partial charge in [0.2, 0.25) is 5.91 Å². The molecule has 1 aromatic carbocycles. The average molecular weight is 300 g/mol. The van der Waals surface area contributed by atoms with E-state index in [4.69, 9.17) is 10.2 Å². The highest BCUT2D eigenvalue weighted by atomic mass is 79.9. The molecule has 3 N–H and O–H groups in total. The Hall–Kier alpha value is -1.17. The smallest absolute Gasteiger partial charge is 0.244 e. The summed E-state index contributed by atoms with van der Waals surface area (Å²) in [5.41, 5.74) is 0.882. The van der Waals surface area contributed by atoms with Gasteiger partial charge in [0.15, 0.2) is 0 Å². The molecule has 0 saturated heterocycles. The number of hydrogen-bond acceptors (Lipinski definition) is 3. The molecule has 1 aromatic rings. The summed E-state index contributed by atoms with van der Waals surface area (Å²) >= 11 is 3.36. The molecular formula is C12H14BrNO3. The monoisotopic (exact) mass is 299 g/mol. The van der Waals surface area contributed by atoms with Crippen molar-refractivity contribution in [1.29, 1.82) is 0 Å². The first-order chi connectivity index (χ1) is 8.17. The molecule has 4 nitrogen and oxygen atoms in total. The number of carbonyl (C=O) groups excluding carboxylic acids is 1. The number of nitrogens with one attached hydrogen (secondary N) is 1. The number of aliphatic hydroxyl groups is 2. The van der Waals surface area contributed by atoms with Crippen LogP contribution in [0.25, 0.3) is 6.08 Å². The molecule has 0 unspecified atom stereocenters. The number of benzene rings is 1. The van der Waals surface area contributed by atoms with Crippen LogP contribution in [0, 0.1) is 0 Å². The van der Waals surface area contributed by atoms with Gasteiger partial charge in [0.05, 0.1) is 19.3 Å². The van der Waals surface area contributed by atoms with Crippen molar-refractivity contribution < 1.29 is 15.0 Å². The molecule has 0 aliphatic rings. The van der Waals surface area contributed by atoms with E-state index >= 15 is 0 Å². The zero-order valence-corrected chi connectivity index (χ0v) is 10.7. The van der Waals surface area contributed by atoms with Crippen molar-refractivity contribution in [3.8, 4) is 0 Å². The van der Waals surface area contributed by atoms with Crippen LogP contribution in [-0.2, 0) is 4.79 Å². The normalized spacial score (nSPS) is 11.1. The molecule has 0 aliphatic heterocycles. The highest BCUT2D eigenvalue weighted by molar-refractivity contribution is 9.10. The van der Waals surface area contributed by atoms with E-state index < -0.39 is 6.04 Å². The van der Waals surface area contributed by atoms with Gasteiger partial charge in [-0.1, -0.05) is 34.1 Å². The predicted octanol–water partition coefficient (Wildman–Crippen LogP) is 0.932. The number of aliphatic hydroxyl groups excluding tert-OH is 2. The van der Waals surface area contributed by atoms with Gasteiger partial charge in [-0.25, -0.2) is 0 Å². The van der Waals surface area contributed by atoms with Crippen molar-refractivity contribution >= 4 is 27.9 Å². The Kier molecular flexibility index (Phi) is 5.90.